The van der Waals surface area contributed by atoms with Crippen molar-refractivity contribution in [1.29, 1.82) is 5.26 Å². The average Bonchev–Trinajstić information content (AvgIpc) is 3.32. The van der Waals surface area contributed by atoms with Gasteiger partial charge in [-0.15, -0.1) is 0 Å². The van der Waals surface area contributed by atoms with Crippen molar-refractivity contribution in [2.45, 2.75) is 52.2 Å². The van der Waals surface area contributed by atoms with Gasteiger partial charge in [-0.05, 0) is 85.7 Å². The fraction of sp³-hybridized carbons (Fsp3) is 0.375. The summed E-state index contributed by atoms with van der Waals surface area (Å²) in [7, 11) is 1.71. The van der Waals surface area contributed by atoms with Gasteiger partial charge in [-0.2, -0.15) is 5.26 Å². The maximum atomic E-state index is 13.3. The molecular weight excluding hydrogens is 504 g/mol. The normalized spacial score (nSPS) is 14.6. The molecule has 2 amide bonds. The van der Waals surface area contributed by atoms with Gasteiger partial charge in [0.1, 0.15) is 0 Å². The van der Waals surface area contributed by atoms with E-state index in [-0.39, 0.29) is 17.9 Å². The summed E-state index contributed by atoms with van der Waals surface area (Å²) in [4.78, 5) is 28.2. The highest BCUT2D eigenvalue weighted by Gasteiger charge is 2.43. The minimum absolute atomic E-state index is 0.0548. The number of amides is 2. The van der Waals surface area contributed by atoms with Gasteiger partial charge in [-0.25, -0.2) is 0 Å². The molecule has 3 aromatic rings. The van der Waals surface area contributed by atoms with Crippen molar-refractivity contribution < 1.29 is 19.1 Å². The number of aromatic nitrogens is 1. The summed E-state index contributed by atoms with van der Waals surface area (Å²) in [5.41, 5.74) is 11.6. The number of likely N-dealkylation sites (tertiary alicyclic amines) is 1. The minimum Gasteiger partial charge on any atom is -0.385 e. The van der Waals surface area contributed by atoms with Crippen molar-refractivity contribution in [3.63, 3.8) is 0 Å². The number of benzene rings is 2. The number of ether oxygens (including phenoxy) is 2. The molecule has 0 bridgehead atoms. The molecule has 2 N–H and O–H groups in total. The van der Waals surface area contributed by atoms with Crippen molar-refractivity contribution in [3.8, 4) is 17.2 Å². The molecule has 0 saturated carbocycles. The summed E-state index contributed by atoms with van der Waals surface area (Å²) in [6.07, 6.45) is 4.76. The van der Waals surface area contributed by atoms with Crippen LogP contribution in [0.4, 0.5) is 0 Å². The SMILES string of the molecule is CCCOC.Cc1ccc(-c2cc(C(=O)N3CCC4(CC3)OCc3cc(C#N)ccc34)ccc2C)cn1.NC=O. The predicted molar refractivity (Wildman–Crippen MR) is 154 cm³/mol. The number of piperidine rings is 1. The van der Waals surface area contributed by atoms with E-state index in [4.69, 9.17) is 19.5 Å². The molecule has 1 spiro atoms. The molecule has 1 saturated heterocycles. The van der Waals surface area contributed by atoms with E-state index in [2.05, 4.69) is 36.7 Å². The Morgan fingerprint density at radius 1 is 1.18 bits per heavy atom. The molecule has 3 heterocycles. The summed E-state index contributed by atoms with van der Waals surface area (Å²) >= 11 is 0. The lowest BCUT2D eigenvalue weighted by atomic mass is 9.83. The van der Waals surface area contributed by atoms with E-state index < -0.39 is 0 Å². The maximum Gasteiger partial charge on any atom is 0.253 e. The summed E-state index contributed by atoms with van der Waals surface area (Å²) in [6, 6.07) is 18.0. The molecule has 1 aromatic heterocycles. The second-order valence-electron chi connectivity index (χ2n) is 9.91. The number of rotatable bonds is 4. The standard InChI is InChI=1S/C27H25N3O2.C4H10O.CH3NO/c1-18-3-6-21(14-24(18)22-7-4-19(2)29-16-22)26(31)30-11-9-27(10-12-30)25-8-5-20(15-28)13-23(25)17-32-27;1-3-4-5-2;2-1-3/h3-8,13-14,16H,9-12,17H2,1-2H3;3-4H2,1-2H3;1H,(H2,2,3). The summed E-state index contributed by atoms with van der Waals surface area (Å²) in [5, 5.41) is 9.16. The largest absolute Gasteiger partial charge is 0.385 e. The summed E-state index contributed by atoms with van der Waals surface area (Å²) in [5.74, 6) is 0.0548. The van der Waals surface area contributed by atoms with E-state index in [9.17, 15) is 4.79 Å². The molecule has 5 rings (SSSR count). The molecule has 0 atom stereocenters. The molecule has 2 aliphatic heterocycles. The number of primary amides is 1. The van der Waals surface area contributed by atoms with Crippen molar-refractivity contribution in [1.82, 2.24) is 9.88 Å². The summed E-state index contributed by atoms with van der Waals surface area (Å²) in [6.45, 7) is 8.82. The fourth-order valence-electron chi connectivity index (χ4n) is 5.09. The Morgan fingerprint density at radius 3 is 2.48 bits per heavy atom. The smallest absolute Gasteiger partial charge is 0.253 e. The zero-order valence-corrected chi connectivity index (χ0v) is 23.8. The second-order valence-corrected chi connectivity index (χ2v) is 9.91. The molecule has 0 unspecified atom stereocenters. The number of hydrogen-bond acceptors (Lipinski definition) is 6. The van der Waals surface area contributed by atoms with Crippen LogP contribution in [0.25, 0.3) is 11.1 Å². The molecule has 0 radical (unpaired) electrons. The number of fused-ring (bicyclic) bond motifs is 2. The average molecular weight is 543 g/mol. The van der Waals surface area contributed by atoms with E-state index >= 15 is 0 Å². The third-order valence-electron chi connectivity index (χ3n) is 7.20. The van der Waals surface area contributed by atoms with Gasteiger partial charge in [0.15, 0.2) is 0 Å². The lowest BCUT2D eigenvalue weighted by Gasteiger charge is -2.39. The highest BCUT2D eigenvalue weighted by molar-refractivity contribution is 5.96. The van der Waals surface area contributed by atoms with E-state index in [0.717, 1.165) is 53.8 Å². The second kappa shape index (κ2) is 14.4. The third kappa shape index (κ3) is 7.12. The topological polar surface area (TPSA) is 119 Å². The van der Waals surface area contributed by atoms with E-state index in [0.29, 0.717) is 30.8 Å². The molecule has 2 aromatic carbocycles. The molecule has 0 aliphatic carbocycles. The van der Waals surface area contributed by atoms with Gasteiger partial charge in [0, 0.05) is 49.8 Å². The number of carbonyl (C=O) groups is 2. The maximum absolute atomic E-state index is 13.3. The molecule has 210 valence electrons. The van der Waals surface area contributed by atoms with Crippen LogP contribution in [-0.2, 0) is 26.5 Å². The van der Waals surface area contributed by atoms with Gasteiger partial charge in [-0.3, -0.25) is 14.6 Å². The highest BCUT2D eigenvalue weighted by Crippen LogP contribution is 2.44. The van der Waals surface area contributed by atoms with Gasteiger partial charge in [-0.1, -0.05) is 25.1 Å². The zero-order valence-electron chi connectivity index (χ0n) is 23.8. The monoisotopic (exact) mass is 542 g/mol. The van der Waals surface area contributed by atoms with Crippen molar-refractivity contribution in [3.05, 3.63) is 88.2 Å². The summed E-state index contributed by atoms with van der Waals surface area (Å²) < 4.78 is 10.9. The lowest BCUT2D eigenvalue weighted by molar-refractivity contribution is -0.106. The first-order valence-electron chi connectivity index (χ1n) is 13.5. The van der Waals surface area contributed by atoms with Gasteiger partial charge in [0.2, 0.25) is 6.41 Å². The van der Waals surface area contributed by atoms with Gasteiger partial charge >= 0.3 is 0 Å². The number of methoxy groups -OCH3 is 1. The Hall–Kier alpha value is -4.06. The molecule has 40 heavy (non-hydrogen) atoms. The molecule has 1 fully saturated rings. The van der Waals surface area contributed by atoms with Crippen molar-refractivity contribution in [2.24, 2.45) is 5.73 Å². The van der Waals surface area contributed by atoms with Gasteiger partial charge < -0.3 is 20.1 Å². The van der Waals surface area contributed by atoms with Crippen LogP contribution in [-0.4, -0.2) is 49.0 Å². The molecule has 2 aliphatic rings. The Labute approximate surface area is 236 Å². The number of nitrogens with zero attached hydrogens (tertiary/aromatic N) is 3. The van der Waals surface area contributed by atoms with Crippen LogP contribution in [0, 0.1) is 25.2 Å². The van der Waals surface area contributed by atoms with Crippen LogP contribution in [0.2, 0.25) is 0 Å². The first kappa shape index (κ1) is 30.5. The third-order valence-corrected chi connectivity index (χ3v) is 7.20. The number of carbonyl (C=O) groups excluding carboxylic acids is 2. The number of pyridine rings is 1. The number of nitriles is 1. The van der Waals surface area contributed by atoms with Crippen LogP contribution >= 0.6 is 0 Å². The quantitative estimate of drug-likeness (QED) is 0.461. The number of hydrogen-bond donors (Lipinski definition) is 1. The van der Waals surface area contributed by atoms with Crippen LogP contribution in [0.15, 0.2) is 54.7 Å². The van der Waals surface area contributed by atoms with Crippen molar-refractivity contribution in [2.75, 3.05) is 26.8 Å². The highest BCUT2D eigenvalue weighted by atomic mass is 16.5. The number of aryl methyl sites for hydroxylation is 2. The Bertz CT molecular complexity index is 1340. The first-order chi connectivity index (χ1) is 19.3. The minimum atomic E-state index is -0.341. The zero-order chi connectivity index (χ0) is 29.1. The van der Waals surface area contributed by atoms with Gasteiger partial charge in [0.25, 0.3) is 5.91 Å². The Kier molecular flexibility index (Phi) is 10.9. The van der Waals surface area contributed by atoms with E-state index in [1.807, 2.05) is 60.5 Å². The Balaban J connectivity index is 0.000000490. The van der Waals surface area contributed by atoms with Crippen LogP contribution in [0.5, 0.6) is 0 Å². The fourth-order valence-corrected chi connectivity index (χ4v) is 5.09. The van der Waals surface area contributed by atoms with E-state index in [1.165, 1.54) is 5.56 Å². The first-order valence-corrected chi connectivity index (χ1v) is 13.5. The lowest BCUT2D eigenvalue weighted by Crippen LogP contribution is -2.45. The van der Waals surface area contributed by atoms with E-state index in [1.54, 1.807) is 7.11 Å². The molecule has 8 heteroatoms. The van der Waals surface area contributed by atoms with Crippen LogP contribution < -0.4 is 5.73 Å². The molecular formula is C32H38N4O4. The Morgan fingerprint density at radius 2 is 1.90 bits per heavy atom. The predicted octanol–water partition coefficient (Wildman–Crippen LogP) is 5.04. The molecule has 8 nitrogen and oxygen atoms in total. The van der Waals surface area contributed by atoms with Crippen LogP contribution in [0.1, 0.15) is 64.5 Å². The van der Waals surface area contributed by atoms with Crippen molar-refractivity contribution >= 4 is 12.3 Å². The van der Waals surface area contributed by atoms with Crippen LogP contribution in [0.3, 0.4) is 0 Å². The van der Waals surface area contributed by atoms with Gasteiger partial charge in [0.05, 0.1) is 23.8 Å². The number of nitrogens with two attached hydrogens (primary N) is 1.